The number of benzene rings is 1. The molecule has 0 bridgehead atoms. The second-order valence-electron chi connectivity index (χ2n) is 5.28. The van der Waals surface area contributed by atoms with Crippen LogP contribution in [0.5, 0.6) is 0 Å². The predicted octanol–water partition coefficient (Wildman–Crippen LogP) is 0.798. The Hall–Kier alpha value is -0.860. The maximum absolute atomic E-state index is 12.7. The minimum Gasteiger partial charge on any atom is -0.353 e. The molecular weight excluding hydrogens is 349 g/mol. The van der Waals surface area contributed by atoms with Gasteiger partial charge in [0.2, 0.25) is 15.9 Å². The molecule has 2 aliphatic heterocycles. The summed E-state index contributed by atoms with van der Waals surface area (Å²) in [6.07, 6.45) is 0. The van der Waals surface area contributed by atoms with Crippen LogP contribution in [-0.2, 0) is 14.8 Å². The van der Waals surface area contributed by atoms with E-state index in [1.54, 1.807) is 0 Å². The number of halogens is 2. The van der Waals surface area contributed by atoms with E-state index in [1.807, 2.05) is 4.90 Å². The van der Waals surface area contributed by atoms with E-state index in [2.05, 4.69) is 5.32 Å². The lowest BCUT2D eigenvalue weighted by Gasteiger charge is -2.42. The van der Waals surface area contributed by atoms with E-state index >= 15 is 0 Å². The molecule has 0 saturated carbocycles. The normalized spacial score (nSPS) is 23.9. The van der Waals surface area contributed by atoms with E-state index in [1.165, 1.54) is 22.5 Å². The summed E-state index contributed by atoms with van der Waals surface area (Å²) in [6.45, 7) is 2.35. The van der Waals surface area contributed by atoms with E-state index in [9.17, 15) is 13.2 Å². The van der Waals surface area contributed by atoms with Crippen molar-refractivity contribution in [1.29, 1.82) is 0 Å². The van der Waals surface area contributed by atoms with Crippen molar-refractivity contribution in [2.45, 2.75) is 10.9 Å². The molecule has 1 aromatic carbocycles. The summed E-state index contributed by atoms with van der Waals surface area (Å²) in [6, 6.07) is 3.85. The van der Waals surface area contributed by atoms with Crippen LogP contribution in [0.3, 0.4) is 0 Å². The minimum atomic E-state index is -3.75. The summed E-state index contributed by atoms with van der Waals surface area (Å²) in [7, 11) is -3.75. The Balaban J connectivity index is 1.88. The molecule has 0 radical (unpaired) electrons. The topological polar surface area (TPSA) is 69.7 Å². The molecule has 0 aliphatic carbocycles. The molecule has 2 saturated heterocycles. The Morgan fingerprint density at radius 2 is 1.95 bits per heavy atom. The van der Waals surface area contributed by atoms with Crippen molar-refractivity contribution in [1.82, 2.24) is 14.5 Å². The van der Waals surface area contributed by atoms with Crippen molar-refractivity contribution in [2.24, 2.45) is 0 Å². The van der Waals surface area contributed by atoms with Crippen LogP contribution >= 0.6 is 23.2 Å². The lowest BCUT2D eigenvalue weighted by atomic mass is 10.1. The first-order chi connectivity index (χ1) is 10.4. The number of nitrogens with one attached hydrogen (secondary N) is 1. The van der Waals surface area contributed by atoms with Crippen molar-refractivity contribution in [3.63, 3.8) is 0 Å². The quantitative estimate of drug-likeness (QED) is 0.843. The van der Waals surface area contributed by atoms with Gasteiger partial charge < -0.3 is 5.32 Å². The molecular formula is C13H15Cl2N3O3S. The van der Waals surface area contributed by atoms with Gasteiger partial charge in [-0.05, 0) is 18.2 Å². The number of sulfonamides is 1. The highest BCUT2D eigenvalue weighted by molar-refractivity contribution is 7.89. The average molecular weight is 364 g/mol. The second-order valence-corrected chi connectivity index (χ2v) is 8.03. The number of fused-ring (bicyclic) bond motifs is 1. The van der Waals surface area contributed by atoms with Crippen LogP contribution in [0.15, 0.2) is 23.1 Å². The third kappa shape index (κ3) is 2.83. The van der Waals surface area contributed by atoms with Crippen molar-refractivity contribution in [3.05, 3.63) is 28.2 Å². The van der Waals surface area contributed by atoms with Gasteiger partial charge in [0, 0.05) is 37.7 Å². The molecule has 1 aromatic rings. The van der Waals surface area contributed by atoms with Crippen molar-refractivity contribution >= 4 is 39.1 Å². The molecule has 0 aromatic heterocycles. The average Bonchev–Trinajstić information content (AvgIpc) is 2.47. The van der Waals surface area contributed by atoms with Gasteiger partial charge in [0.05, 0.1) is 5.02 Å². The molecule has 22 heavy (non-hydrogen) atoms. The van der Waals surface area contributed by atoms with Crippen LogP contribution in [0.4, 0.5) is 0 Å². The Morgan fingerprint density at radius 1 is 1.18 bits per heavy atom. The number of carbonyl (C=O) groups excluding carboxylic acids is 1. The Morgan fingerprint density at radius 3 is 2.68 bits per heavy atom. The predicted molar refractivity (Wildman–Crippen MR) is 83.6 cm³/mol. The van der Waals surface area contributed by atoms with Crippen LogP contribution in [-0.4, -0.2) is 62.3 Å². The van der Waals surface area contributed by atoms with E-state index in [0.29, 0.717) is 24.7 Å². The molecule has 2 fully saturated rings. The van der Waals surface area contributed by atoms with Crippen LogP contribution in [0, 0.1) is 0 Å². The highest BCUT2D eigenvalue weighted by Gasteiger charge is 2.39. The van der Waals surface area contributed by atoms with E-state index in [-0.39, 0.29) is 22.4 Å². The molecule has 0 unspecified atom stereocenters. The summed E-state index contributed by atoms with van der Waals surface area (Å²) < 4.78 is 26.8. The third-order valence-corrected chi connectivity index (χ3v) is 6.55. The number of piperazine rings is 2. The Kier molecular flexibility index (Phi) is 4.35. The fraction of sp³-hybridized carbons (Fsp3) is 0.462. The van der Waals surface area contributed by atoms with Crippen LogP contribution < -0.4 is 5.32 Å². The summed E-state index contributed by atoms with van der Waals surface area (Å²) >= 11 is 11.8. The standard InChI is InChI=1S/C13H15Cl2N3O3S/c14-9-1-2-12(10(15)7-9)22(20,21)18-6-5-17-4-3-16-13(19)11(17)8-18/h1-2,7,11H,3-6,8H2,(H,16,19)/t11-/m0/s1. The SMILES string of the molecule is O=C1NCCN2CCN(S(=O)(=O)c3ccc(Cl)cc3Cl)C[C@@H]12. The van der Waals surface area contributed by atoms with Crippen LogP contribution in [0.25, 0.3) is 0 Å². The first-order valence-corrected chi connectivity index (χ1v) is 9.06. The molecule has 2 aliphatic rings. The summed E-state index contributed by atoms with van der Waals surface area (Å²) in [4.78, 5) is 14.0. The zero-order valence-corrected chi connectivity index (χ0v) is 14.0. The first-order valence-electron chi connectivity index (χ1n) is 6.86. The van der Waals surface area contributed by atoms with Crippen molar-refractivity contribution in [2.75, 3.05) is 32.7 Å². The largest absolute Gasteiger partial charge is 0.353 e. The van der Waals surface area contributed by atoms with Gasteiger partial charge in [0.15, 0.2) is 0 Å². The van der Waals surface area contributed by atoms with Gasteiger partial charge in [-0.25, -0.2) is 8.42 Å². The van der Waals surface area contributed by atoms with Gasteiger partial charge in [-0.1, -0.05) is 23.2 Å². The van der Waals surface area contributed by atoms with E-state index in [4.69, 9.17) is 23.2 Å². The van der Waals surface area contributed by atoms with Crippen LogP contribution in [0.1, 0.15) is 0 Å². The van der Waals surface area contributed by atoms with Crippen molar-refractivity contribution in [3.8, 4) is 0 Å². The lowest BCUT2D eigenvalue weighted by molar-refractivity contribution is -0.130. The third-order valence-electron chi connectivity index (χ3n) is 3.97. The highest BCUT2D eigenvalue weighted by atomic mass is 35.5. The molecule has 3 rings (SSSR count). The fourth-order valence-corrected chi connectivity index (χ4v) is 4.98. The first kappa shape index (κ1) is 16.0. The molecule has 9 heteroatoms. The molecule has 1 amide bonds. The molecule has 6 nitrogen and oxygen atoms in total. The maximum atomic E-state index is 12.7. The number of amides is 1. The molecule has 1 atom stereocenters. The van der Waals surface area contributed by atoms with Gasteiger partial charge in [0.25, 0.3) is 0 Å². The highest BCUT2D eigenvalue weighted by Crippen LogP contribution is 2.29. The Bertz CT molecular complexity index is 710. The maximum Gasteiger partial charge on any atom is 0.244 e. The number of rotatable bonds is 2. The molecule has 1 N–H and O–H groups in total. The molecule has 0 spiro atoms. The Labute approximate surface area is 139 Å². The smallest absolute Gasteiger partial charge is 0.244 e. The molecule has 120 valence electrons. The van der Waals surface area contributed by atoms with Crippen molar-refractivity contribution < 1.29 is 13.2 Å². The van der Waals surface area contributed by atoms with Gasteiger partial charge in [-0.15, -0.1) is 0 Å². The molecule has 2 heterocycles. The number of nitrogens with zero attached hydrogens (tertiary/aromatic N) is 2. The number of hydrogen-bond acceptors (Lipinski definition) is 4. The summed E-state index contributed by atoms with van der Waals surface area (Å²) in [5.41, 5.74) is 0. The second kappa shape index (κ2) is 5.98. The van der Waals surface area contributed by atoms with E-state index in [0.717, 1.165) is 6.54 Å². The van der Waals surface area contributed by atoms with Gasteiger partial charge in [-0.3, -0.25) is 9.69 Å². The zero-order chi connectivity index (χ0) is 15.9. The summed E-state index contributed by atoms with van der Waals surface area (Å²) in [5.74, 6) is -0.131. The number of carbonyl (C=O) groups is 1. The summed E-state index contributed by atoms with van der Waals surface area (Å²) in [5, 5.41) is 3.23. The zero-order valence-electron chi connectivity index (χ0n) is 11.6. The monoisotopic (exact) mass is 363 g/mol. The van der Waals surface area contributed by atoms with E-state index < -0.39 is 16.1 Å². The lowest BCUT2D eigenvalue weighted by Crippen LogP contribution is -2.64. The van der Waals surface area contributed by atoms with Gasteiger partial charge >= 0.3 is 0 Å². The number of hydrogen-bond donors (Lipinski definition) is 1. The fourth-order valence-electron chi connectivity index (χ4n) is 2.79. The van der Waals surface area contributed by atoms with Gasteiger partial charge in [-0.2, -0.15) is 4.31 Å². The van der Waals surface area contributed by atoms with Crippen LogP contribution in [0.2, 0.25) is 10.0 Å². The minimum absolute atomic E-state index is 0.0169. The van der Waals surface area contributed by atoms with Gasteiger partial charge in [0.1, 0.15) is 10.9 Å².